The standard InChI is InChI=1S/C22H27N3O4/c1-17-5-4-12-24(14-17)15-19-10-8-18(9-11-19)13-23-22(26)16-29-21-7-3-2-6-20(21)25(27)28/h2-3,6-11,17H,4-5,12-16H2,1H3,(H,23,26)/t17-/m0/s1. The summed E-state index contributed by atoms with van der Waals surface area (Å²) < 4.78 is 5.30. The summed E-state index contributed by atoms with van der Waals surface area (Å²) in [5.41, 5.74) is 2.12. The molecule has 3 rings (SSSR count). The van der Waals surface area contributed by atoms with Gasteiger partial charge in [0.05, 0.1) is 4.92 Å². The van der Waals surface area contributed by atoms with Gasteiger partial charge in [0.1, 0.15) is 0 Å². The summed E-state index contributed by atoms with van der Waals surface area (Å²) in [5, 5.41) is 13.7. The molecule has 0 unspecified atom stereocenters. The second-order valence-corrected chi connectivity index (χ2v) is 7.59. The minimum Gasteiger partial charge on any atom is -0.477 e. The molecule has 0 bridgehead atoms. The van der Waals surface area contributed by atoms with Crippen LogP contribution in [0.2, 0.25) is 0 Å². The number of benzene rings is 2. The van der Waals surface area contributed by atoms with Crippen LogP contribution in [0.15, 0.2) is 48.5 Å². The van der Waals surface area contributed by atoms with Gasteiger partial charge in [-0.15, -0.1) is 0 Å². The van der Waals surface area contributed by atoms with Crippen molar-refractivity contribution >= 4 is 11.6 Å². The third kappa shape index (κ3) is 6.29. The molecule has 1 aliphatic rings. The van der Waals surface area contributed by atoms with E-state index in [1.165, 1.54) is 30.5 Å². The molecule has 1 amide bonds. The van der Waals surface area contributed by atoms with Crippen LogP contribution in [0.5, 0.6) is 5.75 Å². The number of nitro groups is 1. The van der Waals surface area contributed by atoms with Gasteiger partial charge in [-0.25, -0.2) is 0 Å². The average Bonchev–Trinajstić information content (AvgIpc) is 2.72. The van der Waals surface area contributed by atoms with E-state index in [1.54, 1.807) is 12.1 Å². The molecule has 7 heteroatoms. The number of nitro benzene ring substituents is 1. The largest absolute Gasteiger partial charge is 0.477 e. The maximum atomic E-state index is 12.0. The van der Waals surface area contributed by atoms with Crippen LogP contribution in [0, 0.1) is 16.0 Å². The summed E-state index contributed by atoms with van der Waals surface area (Å²) in [7, 11) is 0. The molecule has 0 radical (unpaired) electrons. The molecule has 1 saturated heterocycles. The van der Waals surface area contributed by atoms with Gasteiger partial charge in [0.25, 0.3) is 5.91 Å². The molecule has 1 fully saturated rings. The highest BCUT2D eigenvalue weighted by Gasteiger charge is 2.16. The topological polar surface area (TPSA) is 84.7 Å². The Labute approximate surface area is 170 Å². The van der Waals surface area contributed by atoms with Crippen LogP contribution in [-0.2, 0) is 17.9 Å². The van der Waals surface area contributed by atoms with Gasteiger partial charge in [0, 0.05) is 25.7 Å². The van der Waals surface area contributed by atoms with Gasteiger partial charge in [-0.3, -0.25) is 19.8 Å². The lowest BCUT2D eigenvalue weighted by molar-refractivity contribution is -0.385. The van der Waals surface area contributed by atoms with Crippen molar-refractivity contribution < 1.29 is 14.5 Å². The van der Waals surface area contributed by atoms with Crippen molar-refractivity contribution in [3.05, 3.63) is 69.8 Å². The Morgan fingerprint density at radius 3 is 2.66 bits per heavy atom. The van der Waals surface area contributed by atoms with Gasteiger partial charge in [0.2, 0.25) is 0 Å². The zero-order valence-corrected chi connectivity index (χ0v) is 16.7. The van der Waals surface area contributed by atoms with E-state index in [4.69, 9.17) is 4.74 Å². The molecule has 0 aliphatic carbocycles. The number of para-hydroxylation sites is 2. The summed E-state index contributed by atoms with van der Waals surface area (Å²) in [6, 6.07) is 14.3. The van der Waals surface area contributed by atoms with Crippen molar-refractivity contribution in [2.24, 2.45) is 5.92 Å². The number of likely N-dealkylation sites (tertiary alicyclic amines) is 1. The zero-order valence-electron chi connectivity index (χ0n) is 16.7. The van der Waals surface area contributed by atoms with Gasteiger partial charge < -0.3 is 10.1 Å². The lowest BCUT2D eigenvalue weighted by atomic mass is 9.99. The number of amides is 1. The molecule has 2 aromatic rings. The van der Waals surface area contributed by atoms with Crippen molar-refractivity contribution in [1.82, 2.24) is 10.2 Å². The minimum absolute atomic E-state index is 0.0871. The van der Waals surface area contributed by atoms with E-state index in [2.05, 4.69) is 29.3 Å². The Hall–Kier alpha value is -2.93. The lowest BCUT2D eigenvalue weighted by Crippen LogP contribution is -2.33. The van der Waals surface area contributed by atoms with E-state index in [0.29, 0.717) is 6.54 Å². The molecule has 1 N–H and O–H groups in total. The predicted molar refractivity (Wildman–Crippen MR) is 111 cm³/mol. The maximum Gasteiger partial charge on any atom is 0.310 e. The summed E-state index contributed by atoms with van der Waals surface area (Å²) in [4.78, 5) is 24.9. The fourth-order valence-corrected chi connectivity index (χ4v) is 3.58. The fraction of sp³-hybridized carbons (Fsp3) is 0.409. The van der Waals surface area contributed by atoms with Crippen LogP contribution in [0.1, 0.15) is 30.9 Å². The third-order valence-corrected chi connectivity index (χ3v) is 5.08. The normalized spacial score (nSPS) is 16.9. The van der Waals surface area contributed by atoms with E-state index < -0.39 is 4.92 Å². The molecule has 154 valence electrons. The Morgan fingerprint density at radius 2 is 1.93 bits per heavy atom. The van der Waals surface area contributed by atoms with Crippen molar-refractivity contribution in [3.8, 4) is 5.75 Å². The molecule has 29 heavy (non-hydrogen) atoms. The smallest absolute Gasteiger partial charge is 0.310 e. The maximum absolute atomic E-state index is 12.0. The summed E-state index contributed by atoms with van der Waals surface area (Å²) in [6.45, 7) is 5.69. The predicted octanol–water partition coefficient (Wildman–Crippen LogP) is 3.52. The van der Waals surface area contributed by atoms with E-state index in [0.717, 1.165) is 31.1 Å². The van der Waals surface area contributed by atoms with Gasteiger partial charge in [-0.2, -0.15) is 0 Å². The zero-order chi connectivity index (χ0) is 20.6. The van der Waals surface area contributed by atoms with E-state index in [-0.39, 0.29) is 24.0 Å². The number of carbonyl (C=O) groups is 1. The van der Waals surface area contributed by atoms with Gasteiger partial charge in [-0.1, -0.05) is 43.3 Å². The average molecular weight is 397 g/mol. The lowest BCUT2D eigenvalue weighted by Gasteiger charge is -2.30. The monoisotopic (exact) mass is 397 g/mol. The second-order valence-electron chi connectivity index (χ2n) is 7.59. The van der Waals surface area contributed by atoms with Crippen LogP contribution in [0.25, 0.3) is 0 Å². The number of rotatable bonds is 8. The van der Waals surface area contributed by atoms with Crippen molar-refractivity contribution in [1.29, 1.82) is 0 Å². The number of nitrogens with one attached hydrogen (secondary N) is 1. The highest BCUT2D eigenvalue weighted by atomic mass is 16.6. The Morgan fingerprint density at radius 1 is 1.21 bits per heavy atom. The van der Waals surface area contributed by atoms with Gasteiger partial charge in [-0.05, 0) is 42.5 Å². The molecule has 1 atom stereocenters. The van der Waals surface area contributed by atoms with Crippen molar-refractivity contribution in [2.45, 2.75) is 32.9 Å². The number of ether oxygens (including phenoxy) is 1. The van der Waals surface area contributed by atoms with Gasteiger partial charge in [0.15, 0.2) is 12.4 Å². The second kappa shape index (κ2) is 10.0. The van der Waals surface area contributed by atoms with Crippen molar-refractivity contribution in [3.63, 3.8) is 0 Å². The van der Waals surface area contributed by atoms with Crippen LogP contribution in [0.4, 0.5) is 5.69 Å². The van der Waals surface area contributed by atoms with E-state index in [9.17, 15) is 14.9 Å². The Bertz CT molecular complexity index is 838. The summed E-state index contributed by atoms with van der Waals surface area (Å²) in [6.07, 6.45) is 2.58. The first kappa shape index (κ1) is 20.8. The minimum atomic E-state index is -0.528. The molecule has 7 nitrogen and oxygen atoms in total. The van der Waals surface area contributed by atoms with Crippen LogP contribution in [-0.4, -0.2) is 35.4 Å². The number of carbonyl (C=O) groups excluding carboxylic acids is 1. The van der Waals surface area contributed by atoms with Crippen LogP contribution >= 0.6 is 0 Å². The highest BCUT2D eigenvalue weighted by molar-refractivity contribution is 5.77. The van der Waals surface area contributed by atoms with Crippen LogP contribution < -0.4 is 10.1 Å². The Kier molecular flexibility index (Phi) is 7.19. The molecule has 1 heterocycles. The van der Waals surface area contributed by atoms with E-state index in [1.807, 2.05) is 12.1 Å². The molecule has 1 aliphatic heterocycles. The molecule has 2 aromatic carbocycles. The summed E-state index contributed by atoms with van der Waals surface area (Å²) >= 11 is 0. The quantitative estimate of drug-likeness (QED) is 0.544. The SMILES string of the molecule is C[C@H]1CCCN(Cc2ccc(CNC(=O)COc3ccccc3[N+](=O)[O-])cc2)C1. The molecular weight excluding hydrogens is 370 g/mol. The highest BCUT2D eigenvalue weighted by Crippen LogP contribution is 2.25. The first-order chi connectivity index (χ1) is 14.0. The number of hydrogen-bond acceptors (Lipinski definition) is 5. The molecular formula is C22H27N3O4. The molecule has 0 spiro atoms. The van der Waals surface area contributed by atoms with Crippen LogP contribution in [0.3, 0.4) is 0 Å². The molecule has 0 aromatic heterocycles. The number of piperidine rings is 1. The number of hydrogen-bond donors (Lipinski definition) is 1. The van der Waals surface area contributed by atoms with Gasteiger partial charge >= 0.3 is 5.69 Å². The fourth-order valence-electron chi connectivity index (χ4n) is 3.58. The molecule has 0 saturated carbocycles. The first-order valence-corrected chi connectivity index (χ1v) is 9.94. The summed E-state index contributed by atoms with van der Waals surface area (Å²) in [5.74, 6) is 0.524. The van der Waals surface area contributed by atoms with E-state index >= 15 is 0 Å². The van der Waals surface area contributed by atoms with Crippen molar-refractivity contribution in [2.75, 3.05) is 19.7 Å². The Balaban J connectivity index is 1.44. The third-order valence-electron chi connectivity index (χ3n) is 5.08. The number of nitrogens with zero attached hydrogens (tertiary/aromatic N) is 2. The first-order valence-electron chi connectivity index (χ1n) is 9.94.